The maximum Gasteiger partial charge on any atom is 0.306 e. The molecular formula is C48H70O11. The Morgan fingerprint density at radius 1 is 0.627 bits per heavy atom. The second-order valence-corrected chi connectivity index (χ2v) is 20.6. The van der Waals surface area contributed by atoms with Crippen LogP contribution in [0.4, 0.5) is 0 Å². The lowest BCUT2D eigenvalue weighted by molar-refractivity contribution is -0.157. The summed E-state index contributed by atoms with van der Waals surface area (Å²) in [6, 6.07) is 0. The molecular weight excluding hydrogens is 753 g/mol. The molecule has 6 saturated carbocycles. The Balaban J connectivity index is 0.000000191. The van der Waals surface area contributed by atoms with E-state index in [2.05, 4.69) is 39.8 Å². The van der Waals surface area contributed by atoms with Crippen molar-refractivity contribution in [2.24, 2.45) is 70.0 Å². The number of carboxylic acid groups (broad SMARTS) is 2. The summed E-state index contributed by atoms with van der Waals surface area (Å²) in [6.07, 6.45) is 18.2. The first-order chi connectivity index (χ1) is 28.0. The number of aliphatic carboxylic acids is 2. The van der Waals surface area contributed by atoms with Crippen LogP contribution in [0.2, 0.25) is 0 Å². The predicted molar refractivity (Wildman–Crippen MR) is 218 cm³/mol. The van der Waals surface area contributed by atoms with E-state index in [0.29, 0.717) is 41.4 Å². The van der Waals surface area contributed by atoms with Crippen molar-refractivity contribution in [1.29, 1.82) is 0 Å². The van der Waals surface area contributed by atoms with E-state index in [1.807, 2.05) is 0 Å². The van der Waals surface area contributed by atoms with Gasteiger partial charge in [-0.3, -0.25) is 24.0 Å². The van der Waals surface area contributed by atoms with E-state index in [1.165, 1.54) is 31.8 Å². The molecule has 8 aliphatic rings. The van der Waals surface area contributed by atoms with Crippen LogP contribution in [0.5, 0.6) is 0 Å². The number of aliphatic hydroxyl groups excluding tert-OH is 1. The number of esters is 3. The van der Waals surface area contributed by atoms with Gasteiger partial charge >= 0.3 is 29.8 Å². The predicted octanol–water partition coefficient (Wildman–Crippen LogP) is 8.46. The van der Waals surface area contributed by atoms with Gasteiger partial charge in [0, 0.05) is 25.7 Å². The van der Waals surface area contributed by atoms with E-state index in [9.17, 15) is 29.1 Å². The fraction of sp³-hybridized carbons (Fsp3) is 0.812. The van der Waals surface area contributed by atoms with Crippen molar-refractivity contribution >= 4 is 29.8 Å². The zero-order valence-corrected chi connectivity index (χ0v) is 36.1. The molecule has 11 heteroatoms. The molecule has 0 amide bonds. The third-order valence-corrected chi connectivity index (χ3v) is 17.4. The van der Waals surface area contributed by atoms with E-state index in [4.69, 9.17) is 24.4 Å². The van der Waals surface area contributed by atoms with Crippen molar-refractivity contribution in [2.75, 3.05) is 0 Å². The maximum atomic E-state index is 12.2. The molecule has 328 valence electrons. The minimum atomic E-state index is -0.992. The van der Waals surface area contributed by atoms with Gasteiger partial charge in [-0.15, -0.1) is 0 Å². The first kappa shape index (κ1) is 43.9. The molecule has 8 rings (SSSR count). The van der Waals surface area contributed by atoms with Crippen LogP contribution >= 0.6 is 0 Å². The number of hydrogen-bond donors (Lipinski definition) is 3. The fourth-order valence-electron chi connectivity index (χ4n) is 14.7. The molecule has 6 fully saturated rings. The summed E-state index contributed by atoms with van der Waals surface area (Å²) >= 11 is 0. The summed E-state index contributed by atoms with van der Waals surface area (Å²) in [5.41, 5.74) is 3.28. The van der Waals surface area contributed by atoms with E-state index in [-0.39, 0.29) is 66.9 Å². The molecule has 0 radical (unpaired) electrons. The van der Waals surface area contributed by atoms with E-state index in [1.54, 1.807) is 5.57 Å². The number of fused-ring (bicyclic) bond motifs is 10. The van der Waals surface area contributed by atoms with Crippen molar-refractivity contribution in [3.05, 3.63) is 23.3 Å². The molecule has 59 heavy (non-hydrogen) atoms. The van der Waals surface area contributed by atoms with Crippen molar-refractivity contribution < 1.29 is 53.5 Å². The molecule has 8 aliphatic carbocycles. The van der Waals surface area contributed by atoms with Crippen molar-refractivity contribution in [2.45, 2.75) is 175 Å². The molecule has 11 nitrogen and oxygen atoms in total. The van der Waals surface area contributed by atoms with Crippen LogP contribution in [0.3, 0.4) is 0 Å². The number of ether oxygens (including phenoxy) is 3. The Bertz CT molecular complexity index is 1680. The third-order valence-electron chi connectivity index (χ3n) is 17.4. The molecule has 0 aromatic rings. The highest BCUT2D eigenvalue weighted by molar-refractivity contribution is 5.77. The van der Waals surface area contributed by atoms with Crippen LogP contribution in [-0.4, -0.2) is 69.6 Å². The lowest BCUT2D eigenvalue weighted by Gasteiger charge is -2.56. The smallest absolute Gasteiger partial charge is 0.306 e. The van der Waals surface area contributed by atoms with Crippen LogP contribution in [-0.2, 0) is 38.2 Å². The van der Waals surface area contributed by atoms with Gasteiger partial charge in [0.2, 0.25) is 0 Å². The summed E-state index contributed by atoms with van der Waals surface area (Å²) in [7, 11) is 0. The fourth-order valence-corrected chi connectivity index (χ4v) is 14.7. The Morgan fingerprint density at radius 3 is 1.63 bits per heavy atom. The standard InChI is InChI=1S/C27H38O8.C21H32O3/c1-15-13-20-18(19-5-6-21(26(15)19)35-25(33)10-8-23(30)31)4-3-16-14-17(11-12-27(16,20)2)34-24(32)9-7-22(28)29;1-12-10-18-16(17-6-7-19(23)20(12)17)5-4-14-11-15(24-13(2)22)8-9-21(14,18)3/h3,15,17-21,26H,4-14H2,1-2H3,(H,28,29)(H,30,31);4,12,15-20,23H,5-11H2,1-3H3/t15-,17+,18?,19?,20?,21+,26?,27+;12-,15+,16?,17?,18?,19+,20?,21+/m11/s1. The highest BCUT2D eigenvalue weighted by atomic mass is 16.6. The number of carbonyl (C=O) groups excluding carboxylic acids is 3. The van der Waals surface area contributed by atoms with E-state index >= 15 is 0 Å². The highest BCUT2D eigenvalue weighted by Gasteiger charge is 2.58. The van der Waals surface area contributed by atoms with Gasteiger partial charge in [-0.05, 0) is 141 Å². The molecule has 8 unspecified atom stereocenters. The number of hydrogen-bond acceptors (Lipinski definition) is 9. The van der Waals surface area contributed by atoms with Crippen LogP contribution < -0.4 is 0 Å². The van der Waals surface area contributed by atoms with Crippen molar-refractivity contribution in [3.8, 4) is 0 Å². The topological polar surface area (TPSA) is 174 Å². The summed E-state index contributed by atoms with van der Waals surface area (Å²) in [5.74, 6) is 2.77. The minimum absolute atomic E-state index is 0.0659. The summed E-state index contributed by atoms with van der Waals surface area (Å²) in [6.45, 7) is 11.0. The third kappa shape index (κ3) is 8.93. The maximum absolute atomic E-state index is 12.2. The SMILES string of the molecule is CC(=O)O[C@H]1CC[C@@]2(C)C(=CCC3C4CC[C@H](O)C4[C@H](C)CC32)C1.C[C@@H]1CC2C(CC=C3C[C@@H](OC(=O)CCC(=O)O)CC[C@@]32C)C2CC[C@H](OC(=O)CCC(=O)O)C21. The Hall–Kier alpha value is -3.21. The first-order valence-corrected chi connectivity index (χ1v) is 23.0. The number of aliphatic hydroxyl groups is 1. The Morgan fingerprint density at radius 2 is 1.10 bits per heavy atom. The quantitative estimate of drug-likeness (QED) is 0.116. The van der Waals surface area contributed by atoms with Crippen LogP contribution in [0.25, 0.3) is 0 Å². The average Bonchev–Trinajstić information content (AvgIpc) is 3.78. The number of carbonyl (C=O) groups is 5. The van der Waals surface area contributed by atoms with Crippen LogP contribution in [0.15, 0.2) is 23.3 Å². The number of carboxylic acids is 2. The number of allylic oxidation sites excluding steroid dienone is 2. The molecule has 0 heterocycles. The molecule has 16 atom stereocenters. The van der Waals surface area contributed by atoms with Gasteiger partial charge in [0.15, 0.2) is 0 Å². The monoisotopic (exact) mass is 822 g/mol. The molecule has 0 spiro atoms. The Labute approximate surface area is 350 Å². The minimum Gasteiger partial charge on any atom is -0.481 e. The van der Waals surface area contributed by atoms with Crippen molar-refractivity contribution in [1.82, 2.24) is 0 Å². The van der Waals surface area contributed by atoms with Gasteiger partial charge in [0.05, 0.1) is 31.8 Å². The van der Waals surface area contributed by atoms with Gasteiger partial charge < -0.3 is 29.5 Å². The second-order valence-electron chi connectivity index (χ2n) is 20.6. The summed E-state index contributed by atoms with van der Waals surface area (Å²) in [4.78, 5) is 57.1. The van der Waals surface area contributed by atoms with E-state index < -0.39 is 23.9 Å². The lowest BCUT2D eigenvalue weighted by atomic mass is 9.49. The van der Waals surface area contributed by atoms with Gasteiger partial charge in [-0.25, -0.2) is 0 Å². The second kappa shape index (κ2) is 17.6. The van der Waals surface area contributed by atoms with E-state index in [0.717, 1.165) is 88.4 Å². The zero-order valence-electron chi connectivity index (χ0n) is 36.1. The zero-order chi connectivity index (χ0) is 42.4. The van der Waals surface area contributed by atoms with Gasteiger partial charge in [-0.2, -0.15) is 0 Å². The van der Waals surface area contributed by atoms with Crippen molar-refractivity contribution in [3.63, 3.8) is 0 Å². The molecule has 0 aromatic heterocycles. The first-order valence-electron chi connectivity index (χ1n) is 23.0. The van der Waals surface area contributed by atoms with Gasteiger partial charge in [0.25, 0.3) is 0 Å². The largest absolute Gasteiger partial charge is 0.481 e. The molecule has 0 saturated heterocycles. The summed E-state index contributed by atoms with van der Waals surface area (Å²) < 4.78 is 16.9. The summed E-state index contributed by atoms with van der Waals surface area (Å²) in [5, 5.41) is 28.1. The molecule has 3 N–H and O–H groups in total. The molecule has 0 aromatic carbocycles. The number of rotatable bonds is 9. The lowest BCUT2D eigenvalue weighted by Crippen LogP contribution is -2.50. The van der Waals surface area contributed by atoms with Crippen LogP contribution in [0, 0.1) is 70.0 Å². The van der Waals surface area contributed by atoms with Gasteiger partial charge in [0.1, 0.15) is 18.3 Å². The normalized spacial score (nSPS) is 42.9. The Kier molecular flexibility index (Phi) is 13.1. The molecule has 0 aliphatic heterocycles. The van der Waals surface area contributed by atoms with Gasteiger partial charge in [-0.1, -0.05) is 51.0 Å². The highest BCUT2D eigenvalue weighted by Crippen LogP contribution is 2.64. The average molecular weight is 823 g/mol. The van der Waals surface area contributed by atoms with Crippen LogP contribution in [0.1, 0.15) is 150 Å². The molecule has 0 bridgehead atoms.